The Morgan fingerprint density at radius 2 is 1.83 bits per heavy atom. The van der Waals surface area contributed by atoms with Gasteiger partial charge in [-0.15, -0.1) is 0 Å². The van der Waals surface area contributed by atoms with Gasteiger partial charge in [-0.3, -0.25) is 4.79 Å². The lowest BCUT2D eigenvalue weighted by atomic mass is 10.1. The van der Waals surface area contributed by atoms with Gasteiger partial charge >= 0.3 is 6.18 Å². The number of rotatable bonds is 8. The standard InChI is InChI=1S/C25H26F3N5O2/c26-25(27,28)19-3-1-2-17(12-19)15-30-22-14-24(31-16-18(22)13-23(29)34)32-20-4-6-21(7-5-20)33-8-10-35-11-9-33/h1-7,12,14,16H,8-11,13,15H2,(H2,29,34)(H2,30,31,32). The van der Waals surface area contributed by atoms with Crippen molar-refractivity contribution in [1.29, 1.82) is 0 Å². The molecule has 0 saturated carbocycles. The van der Waals surface area contributed by atoms with E-state index in [1.165, 1.54) is 12.3 Å². The molecule has 4 rings (SSSR count). The third-order valence-corrected chi connectivity index (χ3v) is 5.60. The highest BCUT2D eigenvalue weighted by Crippen LogP contribution is 2.30. The number of hydrogen-bond donors (Lipinski definition) is 3. The second kappa shape index (κ2) is 10.6. The Kier molecular flexibility index (Phi) is 7.40. The fourth-order valence-corrected chi connectivity index (χ4v) is 3.83. The van der Waals surface area contributed by atoms with E-state index >= 15 is 0 Å². The molecule has 10 heteroatoms. The molecule has 0 radical (unpaired) electrons. The maximum absolute atomic E-state index is 13.0. The molecule has 184 valence electrons. The van der Waals surface area contributed by atoms with Gasteiger partial charge in [-0.2, -0.15) is 13.2 Å². The van der Waals surface area contributed by atoms with Crippen molar-refractivity contribution in [3.8, 4) is 0 Å². The quantitative estimate of drug-likeness (QED) is 0.440. The van der Waals surface area contributed by atoms with E-state index in [4.69, 9.17) is 10.5 Å². The van der Waals surface area contributed by atoms with Crippen LogP contribution in [0.2, 0.25) is 0 Å². The van der Waals surface area contributed by atoms with Crippen LogP contribution in [-0.4, -0.2) is 37.2 Å². The van der Waals surface area contributed by atoms with Crippen LogP contribution < -0.4 is 21.3 Å². The van der Waals surface area contributed by atoms with Crippen LogP contribution in [0.15, 0.2) is 60.8 Å². The summed E-state index contributed by atoms with van der Waals surface area (Å²) in [5.41, 5.74) is 8.13. The molecule has 0 aliphatic carbocycles. The number of anilines is 4. The minimum atomic E-state index is -4.42. The number of ether oxygens (including phenoxy) is 1. The number of primary amides is 1. The Balaban J connectivity index is 1.49. The first-order valence-electron chi connectivity index (χ1n) is 11.1. The minimum absolute atomic E-state index is 0.0492. The summed E-state index contributed by atoms with van der Waals surface area (Å²) in [4.78, 5) is 18.1. The van der Waals surface area contributed by atoms with Gasteiger partial charge in [0.15, 0.2) is 0 Å². The zero-order valence-corrected chi connectivity index (χ0v) is 18.9. The lowest BCUT2D eigenvalue weighted by Crippen LogP contribution is -2.36. The van der Waals surface area contributed by atoms with Crippen molar-refractivity contribution in [2.75, 3.05) is 41.8 Å². The molecule has 2 aromatic carbocycles. The van der Waals surface area contributed by atoms with Crippen LogP contribution >= 0.6 is 0 Å². The third kappa shape index (κ3) is 6.63. The zero-order valence-electron chi connectivity index (χ0n) is 18.9. The van der Waals surface area contributed by atoms with Crippen molar-refractivity contribution in [3.63, 3.8) is 0 Å². The van der Waals surface area contributed by atoms with Crippen molar-refractivity contribution < 1.29 is 22.7 Å². The van der Waals surface area contributed by atoms with Gasteiger partial charge in [0.1, 0.15) is 5.82 Å². The van der Waals surface area contributed by atoms with Crippen molar-refractivity contribution in [2.24, 2.45) is 5.73 Å². The van der Waals surface area contributed by atoms with Gasteiger partial charge in [-0.1, -0.05) is 12.1 Å². The van der Waals surface area contributed by atoms with Gasteiger partial charge < -0.3 is 26.0 Å². The van der Waals surface area contributed by atoms with Crippen LogP contribution in [-0.2, 0) is 28.7 Å². The molecule has 1 aromatic heterocycles. The second-order valence-electron chi connectivity index (χ2n) is 8.19. The molecule has 0 unspecified atom stereocenters. The van der Waals surface area contributed by atoms with Gasteiger partial charge in [0.05, 0.1) is 25.2 Å². The number of pyridine rings is 1. The van der Waals surface area contributed by atoms with Crippen molar-refractivity contribution in [1.82, 2.24) is 4.98 Å². The third-order valence-electron chi connectivity index (χ3n) is 5.60. The van der Waals surface area contributed by atoms with Crippen LogP contribution in [0.3, 0.4) is 0 Å². The topological polar surface area (TPSA) is 92.5 Å². The summed E-state index contributed by atoms with van der Waals surface area (Å²) in [7, 11) is 0. The molecule has 1 amide bonds. The summed E-state index contributed by atoms with van der Waals surface area (Å²) >= 11 is 0. The maximum atomic E-state index is 13.0. The maximum Gasteiger partial charge on any atom is 0.416 e. The van der Waals surface area contributed by atoms with Crippen LogP contribution in [0, 0.1) is 0 Å². The number of carbonyl (C=O) groups is 1. The average Bonchev–Trinajstić information content (AvgIpc) is 2.84. The zero-order chi connectivity index (χ0) is 24.8. The number of nitrogens with zero attached hydrogens (tertiary/aromatic N) is 2. The number of morpholine rings is 1. The highest BCUT2D eigenvalue weighted by Gasteiger charge is 2.30. The van der Waals surface area contributed by atoms with Crippen molar-refractivity contribution in [3.05, 3.63) is 77.5 Å². The Hall–Kier alpha value is -3.79. The summed E-state index contributed by atoms with van der Waals surface area (Å²) in [5, 5.41) is 6.34. The number of nitrogens with one attached hydrogen (secondary N) is 2. The van der Waals surface area contributed by atoms with E-state index < -0.39 is 17.6 Å². The fraction of sp³-hybridized carbons (Fsp3) is 0.280. The SMILES string of the molecule is NC(=O)Cc1cnc(Nc2ccc(N3CCOCC3)cc2)cc1NCc1cccc(C(F)(F)F)c1. The molecule has 1 fully saturated rings. The first kappa shape index (κ1) is 24.3. The van der Waals surface area contributed by atoms with E-state index in [0.717, 1.165) is 36.6 Å². The summed E-state index contributed by atoms with van der Waals surface area (Å²) in [6, 6.07) is 14.7. The first-order chi connectivity index (χ1) is 16.8. The number of aromatic nitrogens is 1. The van der Waals surface area contributed by atoms with E-state index in [1.54, 1.807) is 12.1 Å². The van der Waals surface area contributed by atoms with Gasteiger partial charge in [-0.05, 0) is 42.0 Å². The van der Waals surface area contributed by atoms with E-state index in [2.05, 4.69) is 20.5 Å². The summed E-state index contributed by atoms with van der Waals surface area (Å²) in [6.07, 6.45) is -2.94. The van der Waals surface area contributed by atoms with E-state index in [1.807, 2.05) is 24.3 Å². The molecule has 0 spiro atoms. The predicted octanol–water partition coefficient (Wildman–Crippen LogP) is 4.32. The summed E-state index contributed by atoms with van der Waals surface area (Å²) in [5.74, 6) is -0.0165. The normalized spacial score (nSPS) is 14.0. The highest BCUT2D eigenvalue weighted by atomic mass is 19.4. The highest BCUT2D eigenvalue weighted by molar-refractivity contribution is 5.79. The molecule has 35 heavy (non-hydrogen) atoms. The lowest BCUT2D eigenvalue weighted by Gasteiger charge is -2.28. The second-order valence-corrected chi connectivity index (χ2v) is 8.19. The molecule has 1 aliphatic rings. The molecule has 0 atom stereocenters. The number of alkyl halides is 3. The lowest BCUT2D eigenvalue weighted by molar-refractivity contribution is -0.137. The monoisotopic (exact) mass is 485 g/mol. The fourth-order valence-electron chi connectivity index (χ4n) is 3.83. The number of hydrogen-bond acceptors (Lipinski definition) is 6. The largest absolute Gasteiger partial charge is 0.416 e. The molecule has 0 bridgehead atoms. The van der Waals surface area contributed by atoms with Gasteiger partial charge in [0.25, 0.3) is 0 Å². The van der Waals surface area contributed by atoms with Gasteiger partial charge in [0.2, 0.25) is 5.91 Å². The van der Waals surface area contributed by atoms with Crippen LogP contribution in [0.5, 0.6) is 0 Å². The Morgan fingerprint density at radius 3 is 2.51 bits per heavy atom. The van der Waals surface area contributed by atoms with E-state index in [-0.39, 0.29) is 13.0 Å². The number of nitrogens with two attached hydrogens (primary N) is 1. The molecule has 1 saturated heterocycles. The summed E-state index contributed by atoms with van der Waals surface area (Å²) < 4.78 is 44.5. The molecule has 7 nitrogen and oxygen atoms in total. The van der Waals surface area contributed by atoms with Crippen molar-refractivity contribution in [2.45, 2.75) is 19.1 Å². The van der Waals surface area contributed by atoms with Gasteiger partial charge in [-0.25, -0.2) is 4.98 Å². The van der Waals surface area contributed by atoms with Crippen LogP contribution in [0.4, 0.5) is 36.1 Å². The predicted molar refractivity (Wildman–Crippen MR) is 129 cm³/mol. The number of amides is 1. The van der Waals surface area contributed by atoms with Crippen molar-refractivity contribution >= 4 is 28.8 Å². The summed E-state index contributed by atoms with van der Waals surface area (Å²) in [6.45, 7) is 3.23. The number of carbonyl (C=O) groups excluding carboxylic acids is 1. The number of benzene rings is 2. The molecular weight excluding hydrogens is 459 g/mol. The average molecular weight is 486 g/mol. The number of halogens is 3. The minimum Gasteiger partial charge on any atom is -0.381 e. The molecular formula is C25H26F3N5O2. The van der Waals surface area contributed by atoms with Gasteiger partial charge in [0, 0.05) is 54.5 Å². The van der Waals surface area contributed by atoms with Crippen LogP contribution in [0.1, 0.15) is 16.7 Å². The Labute approximate surface area is 201 Å². The van der Waals surface area contributed by atoms with E-state index in [0.29, 0.717) is 35.8 Å². The molecule has 2 heterocycles. The molecule has 3 aromatic rings. The Bertz CT molecular complexity index is 1160. The molecule has 4 N–H and O–H groups in total. The van der Waals surface area contributed by atoms with Crippen LogP contribution in [0.25, 0.3) is 0 Å². The first-order valence-corrected chi connectivity index (χ1v) is 11.1. The Morgan fingerprint density at radius 1 is 1.09 bits per heavy atom. The van der Waals surface area contributed by atoms with E-state index in [9.17, 15) is 18.0 Å². The smallest absolute Gasteiger partial charge is 0.381 e. The molecule has 1 aliphatic heterocycles.